The van der Waals surface area contributed by atoms with E-state index in [9.17, 15) is 4.79 Å². The molecule has 2 aromatic carbocycles. The van der Waals surface area contributed by atoms with Gasteiger partial charge in [0.05, 0.1) is 11.6 Å². The zero-order chi connectivity index (χ0) is 14.2. The number of benzene rings is 2. The molecule has 0 bridgehead atoms. The number of carbonyl (C=O) groups is 1. The molecule has 1 atom stereocenters. The number of halogens is 1. The second-order valence-electron chi connectivity index (χ2n) is 5.77. The van der Waals surface area contributed by atoms with Crippen molar-refractivity contribution in [1.29, 1.82) is 0 Å². The number of hydrogen-bond donors (Lipinski definition) is 2. The van der Waals surface area contributed by atoms with Crippen LogP contribution in [0, 0.1) is 0 Å². The first-order valence-electron chi connectivity index (χ1n) is 7.18. The predicted octanol–water partition coefficient (Wildman–Crippen LogP) is 3.32. The summed E-state index contributed by atoms with van der Waals surface area (Å²) in [6, 6.07) is 14.4. The monoisotopic (exact) mass is 304 g/mol. The Labute approximate surface area is 131 Å². The van der Waals surface area contributed by atoms with Gasteiger partial charge in [0.1, 0.15) is 0 Å². The molecule has 1 amide bonds. The van der Waals surface area contributed by atoms with Crippen LogP contribution in [-0.4, -0.2) is 11.4 Å². The largest absolute Gasteiger partial charge is 0.348 e. The van der Waals surface area contributed by atoms with Crippen molar-refractivity contribution in [1.82, 2.24) is 5.32 Å². The summed E-state index contributed by atoms with van der Waals surface area (Å²) in [4.78, 5) is 12.2. The van der Waals surface area contributed by atoms with Gasteiger partial charge in [0, 0.05) is 0 Å². The van der Waals surface area contributed by atoms with Gasteiger partial charge in [0.2, 0.25) is 5.91 Å². The van der Waals surface area contributed by atoms with Gasteiger partial charge in [0.25, 0.3) is 0 Å². The Morgan fingerprint density at radius 2 is 1.86 bits per heavy atom. The van der Waals surface area contributed by atoms with E-state index in [1.54, 1.807) is 0 Å². The van der Waals surface area contributed by atoms with Crippen molar-refractivity contribution < 1.29 is 4.79 Å². The molecule has 1 unspecified atom stereocenters. The summed E-state index contributed by atoms with van der Waals surface area (Å²) in [5, 5.41) is 5.44. The van der Waals surface area contributed by atoms with E-state index >= 15 is 0 Å². The summed E-state index contributed by atoms with van der Waals surface area (Å²) in [7, 11) is 0. The maximum atomic E-state index is 12.2. The second kappa shape index (κ2) is 6.04. The number of nitrogens with one attached hydrogen (secondary N) is 1. The van der Waals surface area contributed by atoms with Crippen molar-refractivity contribution in [3.8, 4) is 0 Å². The van der Waals surface area contributed by atoms with E-state index in [0.717, 1.165) is 24.8 Å². The van der Waals surface area contributed by atoms with Crippen LogP contribution < -0.4 is 11.1 Å². The van der Waals surface area contributed by atoms with E-state index in [1.165, 1.54) is 10.8 Å². The number of carbonyl (C=O) groups excluding carboxylic acids is 1. The Hall–Kier alpha value is -1.58. The molecule has 1 aliphatic carbocycles. The first kappa shape index (κ1) is 15.8. The number of rotatable bonds is 3. The molecular weight excluding hydrogens is 284 g/mol. The molecule has 0 heterocycles. The first-order valence-corrected chi connectivity index (χ1v) is 7.18. The molecule has 1 aliphatic rings. The van der Waals surface area contributed by atoms with E-state index < -0.39 is 5.54 Å². The highest BCUT2D eigenvalue weighted by Crippen LogP contribution is 2.30. The van der Waals surface area contributed by atoms with Crippen LogP contribution in [0.5, 0.6) is 0 Å². The fourth-order valence-electron chi connectivity index (χ4n) is 2.83. The van der Waals surface area contributed by atoms with E-state index in [1.807, 2.05) is 25.1 Å². The standard InChI is InChI=1S/C17H20N2O.ClH/c1-12(19-16(20)17(18)10-5-11-17)14-9-4-7-13-6-2-3-8-15(13)14;/h2-4,6-9,12H,5,10-11,18H2,1H3,(H,19,20);1H. The maximum Gasteiger partial charge on any atom is 0.240 e. The average Bonchev–Trinajstić information content (AvgIpc) is 2.43. The summed E-state index contributed by atoms with van der Waals surface area (Å²) in [5.74, 6) is -0.0239. The van der Waals surface area contributed by atoms with E-state index in [0.29, 0.717) is 0 Å². The lowest BCUT2D eigenvalue weighted by Gasteiger charge is -2.37. The van der Waals surface area contributed by atoms with Crippen molar-refractivity contribution in [2.75, 3.05) is 0 Å². The van der Waals surface area contributed by atoms with Crippen LogP contribution in [0.25, 0.3) is 10.8 Å². The predicted molar refractivity (Wildman–Crippen MR) is 88.5 cm³/mol. The third-order valence-corrected chi connectivity index (χ3v) is 4.34. The average molecular weight is 305 g/mol. The van der Waals surface area contributed by atoms with Crippen LogP contribution in [0.15, 0.2) is 42.5 Å². The van der Waals surface area contributed by atoms with Crippen LogP contribution in [0.1, 0.15) is 37.8 Å². The minimum absolute atomic E-state index is 0. The second-order valence-corrected chi connectivity index (χ2v) is 5.77. The summed E-state index contributed by atoms with van der Waals surface area (Å²) in [5.41, 5.74) is 6.57. The summed E-state index contributed by atoms with van der Waals surface area (Å²) in [6.45, 7) is 2.02. The minimum Gasteiger partial charge on any atom is -0.348 e. The molecule has 1 saturated carbocycles. The number of hydrogen-bond acceptors (Lipinski definition) is 2. The van der Waals surface area contributed by atoms with Crippen molar-refractivity contribution >= 4 is 29.1 Å². The topological polar surface area (TPSA) is 55.1 Å². The van der Waals surface area contributed by atoms with Crippen molar-refractivity contribution in [3.63, 3.8) is 0 Å². The molecule has 0 aromatic heterocycles. The first-order chi connectivity index (χ1) is 9.60. The summed E-state index contributed by atoms with van der Waals surface area (Å²) < 4.78 is 0. The third-order valence-electron chi connectivity index (χ3n) is 4.34. The van der Waals surface area contributed by atoms with E-state index in [4.69, 9.17) is 5.73 Å². The molecule has 0 radical (unpaired) electrons. The quantitative estimate of drug-likeness (QED) is 0.914. The fraction of sp³-hybridized carbons (Fsp3) is 0.353. The Morgan fingerprint density at radius 1 is 1.19 bits per heavy atom. The fourth-order valence-corrected chi connectivity index (χ4v) is 2.83. The van der Waals surface area contributed by atoms with Crippen LogP contribution in [-0.2, 0) is 4.79 Å². The molecule has 3 rings (SSSR count). The normalized spacial score (nSPS) is 17.4. The SMILES string of the molecule is CC(NC(=O)C1(N)CCC1)c1cccc2ccccc12.Cl. The molecule has 21 heavy (non-hydrogen) atoms. The lowest BCUT2D eigenvalue weighted by Crippen LogP contribution is -2.58. The summed E-state index contributed by atoms with van der Waals surface area (Å²) >= 11 is 0. The Morgan fingerprint density at radius 3 is 2.52 bits per heavy atom. The van der Waals surface area contributed by atoms with Crippen LogP contribution in [0.2, 0.25) is 0 Å². The van der Waals surface area contributed by atoms with Crippen LogP contribution >= 0.6 is 12.4 Å². The minimum atomic E-state index is -0.640. The number of fused-ring (bicyclic) bond motifs is 1. The van der Waals surface area contributed by atoms with Crippen LogP contribution in [0.3, 0.4) is 0 Å². The molecule has 3 N–H and O–H groups in total. The highest BCUT2D eigenvalue weighted by atomic mass is 35.5. The van der Waals surface area contributed by atoms with Gasteiger partial charge in [-0.3, -0.25) is 4.79 Å². The van der Waals surface area contributed by atoms with Crippen molar-refractivity contribution in [2.45, 2.75) is 37.8 Å². The Balaban J connectivity index is 0.00000161. The molecule has 4 heteroatoms. The number of amides is 1. The van der Waals surface area contributed by atoms with Crippen molar-refractivity contribution in [2.24, 2.45) is 5.73 Å². The van der Waals surface area contributed by atoms with Crippen LogP contribution in [0.4, 0.5) is 0 Å². The molecular formula is C17H21ClN2O. The van der Waals surface area contributed by atoms with Gasteiger partial charge < -0.3 is 11.1 Å². The van der Waals surface area contributed by atoms with Gasteiger partial charge in [-0.15, -0.1) is 12.4 Å². The van der Waals surface area contributed by atoms with Gasteiger partial charge in [-0.2, -0.15) is 0 Å². The molecule has 1 fully saturated rings. The molecule has 3 nitrogen and oxygen atoms in total. The van der Waals surface area contributed by atoms with Crippen molar-refractivity contribution in [3.05, 3.63) is 48.0 Å². The molecule has 0 spiro atoms. The summed E-state index contributed by atoms with van der Waals surface area (Å²) in [6.07, 6.45) is 2.63. The molecule has 2 aromatic rings. The zero-order valence-electron chi connectivity index (χ0n) is 12.1. The number of nitrogens with two attached hydrogens (primary N) is 1. The van der Waals surface area contributed by atoms with Gasteiger partial charge in [-0.1, -0.05) is 42.5 Å². The van der Waals surface area contributed by atoms with Gasteiger partial charge in [0.15, 0.2) is 0 Å². The molecule has 0 saturated heterocycles. The molecule has 0 aliphatic heterocycles. The van der Waals surface area contributed by atoms with Gasteiger partial charge in [-0.05, 0) is 42.5 Å². The third kappa shape index (κ3) is 2.89. The Kier molecular flexibility index (Phi) is 4.55. The van der Waals surface area contributed by atoms with E-state index in [2.05, 4.69) is 29.6 Å². The highest BCUT2D eigenvalue weighted by molar-refractivity contribution is 5.89. The Bertz CT molecular complexity index is 647. The van der Waals surface area contributed by atoms with E-state index in [-0.39, 0.29) is 24.4 Å². The lowest BCUT2D eigenvalue weighted by molar-refractivity contribution is -0.129. The molecule has 112 valence electrons. The lowest BCUT2D eigenvalue weighted by atomic mass is 9.77. The van der Waals surface area contributed by atoms with Gasteiger partial charge in [-0.25, -0.2) is 0 Å². The smallest absolute Gasteiger partial charge is 0.240 e. The maximum absolute atomic E-state index is 12.2. The highest BCUT2D eigenvalue weighted by Gasteiger charge is 2.40. The zero-order valence-corrected chi connectivity index (χ0v) is 13.0. The van der Waals surface area contributed by atoms with Gasteiger partial charge >= 0.3 is 0 Å².